The molecule has 3 N–H and O–H groups in total. The number of hydrogen-bond acceptors (Lipinski definition) is 8. The van der Waals surface area contributed by atoms with Crippen LogP contribution >= 0.6 is 27.3 Å². The van der Waals surface area contributed by atoms with Gasteiger partial charge in [0.1, 0.15) is 0 Å². The molecule has 0 aliphatic carbocycles. The quantitative estimate of drug-likeness (QED) is 0.0897. The van der Waals surface area contributed by atoms with Gasteiger partial charge in [0, 0.05) is 27.9 Å². The second kappa shape index (κ2) is 15.3. The minimum absolute atomic E-state index is 0.206. The Morgan fingerprint density at radius 2 is 1.76 bits per heavy atom. The van der Waals surface area contributed by atoms with Crippen molar-refractivity contribution >= 4 is 61.8 Å². The fourth-order valence-corrected chi connectivity index (χ4v) is 5.79. The number of thiazole rings is 1. The molecule has 0 unspecified atom stereocenters. The van der Waals surface area contributed by atoms with Crippen LogP contribution in [0.2, 0.25) is 0 Å². The SMILES string of the molecule is CCOc1cc(/C=N/NC(=O)c2ccc(-c3csc(Nc4ccccc4)n3)cc2)cc(Br)c1OCC(=O)Nc1ccc(C)cc1C. The van der Waals surface area contributed by atoms with Gasteiger partial charge in [-0.3, -0.25) is 9.59 Å². The van der Waals surface area contributed by atoms with Crippen LogP contribution in [0.4, 0.5) is 16.5 Å². The van der Waals surface area contributed by atoms with Crippen molar-refractivity contribution in [3.8, 4) is 22.8 Å². The molecule has 9 nitrogen and oxygen atoms in total. The van der Waals surface area contributed by atoms with Gasteiger partial charge in [0.15, 0.2) is 23.2 Å². The van der Waals surface area contributed by atoms with Crippen LogP contribution in [0, 0.1) is 13.8 Å². The first-order valence-electron chi connectivity index (χ1n) is 14.5. The van der Waals surface area contributed by atoms with E-state index in [9.17, 15) is 9.59 Å². The lowest BCUT2D eigenvalue weighted by Gasteiger charge is -2.15. The molecule has 2 amide bonds. The Hall–Kier alpha value is -5.00. The zero-order valence-corrected chi connectivity index (χ0v) is 27.9. The monoisotopic (exact) mass is 697 g/mol. The molecule has 0 radical (unpaired) electrons. The van der Waals surface area contributed by atoms with Crippen LogP contribution in [0.1, 0.15) is 34.0 Å². The van der Waals surface area contributed by atoms with Crippen molar-refractivity contribution in [3.63, 3.8) is 0 Å². The fraction of sp³-hybridized carbons (Fsp3) is 0.143. The number of para-hydroxylation sites is 1. The summed E-state index contributed by atoms with van der Waals surface area (Å²) >= 11 is 5.02. The predicted octanol–water partition coefficient (Wildman–Crippen LogP) is 8.11. The van der Waals surface area contributed by atoms with E-state index in [0.29, 0.717) is 33.7 Å². The molecule has 0 saturated heterocycles. The highest BCUT2D eigenvalue weighted by molar-refractivity contribution is 9.10. The average molecular weight is 699 g/mol. The Morgan fingerprint density at radius 3 is 2.50 bits per heavy atom. The molecule has 234 valence electrons. The number of aromatic nitrogens is 1. The second-order valence-electron chi connectivity index (χ2n) is 10.2. The molecular formula is C35H32BrN5O4S. The molecule has 46 heavy (non-hydrogen) atoms. The Bertz CT molecular complexity index is 1860. The van der Waals surface area contributed by atoms with Crippen molar-refractivity contribution < 1.29 is 19.1 Å². The first kappa shape index (κ1) is 32.4. The summed E-state index contributed by atoms with van der Waals surface area (Å²) in [5.74, 6) is 0.177. The van der Waals surface area contributed by atoms with Gasteiger partial charge < -0.3 is 20.1 Å². The number of hydrogen-bond donors (Lipinski definition) is 3. The highest BCUT2D eigenvalue weighted by Gasteiger charge is 2.15. The molecule has 1 aromatic heterocycles. The summed E-state index contributed by atoms with van der Waals surface area (Å²) in [5.41, 5.74) is 9.18. The Labute approximate surface area is 279 Å². The van der Waals surface area contributed by atoms with Crippen LogP contribution in [-0.2, 0) is 4.79 Å². The molecule has 0 fully saturated rings. The van der Waals surface area contributed by atoms with E-state index in [1.807, 2.05) is 86.8 Å². The molecule has 0 saturated carbocycles. The van der Waals surface area contributed by atoms with Gasteiger partial charge in [-0.2, -0.15) is 5.10 Å². The van der Waals surface area contributed by atoms with Crippen molar-refractivity contribution in [1.82, 2.24) is 10.4 Å². The number of hydrazone groups is 1. The molecular weight excluding hydrogens is 666 g/mol. The lowest BCUT2D eigenvalue weighted by molar-refractivity contribution is -0.118. The maximum atomic E-state index is 12.8. The second-order valence-corrected chi connectivity index (χ2v) is 11.9. The average Bonchev–Trinajstić information content (AvgIpc) is 3.51. The number of carbonyl (C=O) groups is 2. The van der Waals surface area contributed by atoms with Crippen molar-refractivity contribution in [2.45, 2.75) is 20.8 Å². The fourth-order valence-electron chi connectivity index (χ4n) is 4.47. The molecule has 0 aliphatic rings. The van der Waals surface area contributed by atoms with E-state index in [4.69, 9.17) is 9.47 Å². The summed E-state index contributed by atoms with van der Waals surface area (Å²) in [6.45, 7) is 5.97. The number of aryl methyl sites for hydroxylation is 2. The van der Waals surface area contributed by atoms with E-state index in [1.165, 1.54) is 17.6 Å². The molecule has 4 aromatic carbocycles. The number of halogens is 1. The van der Waals surface area contributed by atoms with Gasteiger partial charge in [0.2, 0.25) is 0 Å². The number of nitrogens with one attached hydrogen (secondary N) is 3. The van der Waals surface area contributed by atoms with Crippen LogP contribution in [0.15, 0.2) is 99.9 Å². The highest BCUT2D eigenvalue weighted by atomic mass is 79.9. The van der Waals surface area contributed by atoms with Crippen LogP contribution in [0.25, 0.3) is 11.3 Å². The van der Waals surface area contributed by atoms with Crippen LogP contribution in [-0.4, -0.2) is 36.2 Å². The van der Waals surface area contributed by atoms with E-state index in [2.05, 4.69) is 42.1 Å². The number of ether oxygens (including phenoxy) is 2. The number of amides is 2. The normalized spacial score (nSPS) is 10.9. The third-order valence-electron chi connectivity index (χ3n) is 6.69. The lowest BCUT2D eigenvalue weighted by atomic mass is 10.1. The summed E-state index contributed by atoms with van der Waals surface area (Å²) in [4.78, 5) is 30.0. The summed E-state index contributed by atoms with van der Waals surface area (Å²) in [7, 11) is 0. The smallest absolute Gasteiger partial charge is 0.271 e. The zero-order valence-electron chi connectivity index (χ0n) is 25.5. The van der Waals surface area contributed by atoms with E-state index in [1.54, 1.807) is 24.3 Å². The predicted molar refractivity (Wildman–Crippen MR) is 188 cm³/mol. The minimum atomic E-state index is -0.355. The molecule has 5 rings (SSSR count). The van der Waals surface area contributed by atoms with E-state index in [0.717, 1.165) is 38.9 Å². The summed E-state index contributed by atoms with van der Waals surface area (Å²) in [6, 6.07) is 26.3. The van der Waals surface area contributed by atoms with Gasteiger partial charge in [-0.05, 0) is 90.3 Å². The first-order valence-corrected chi connectivity index (χ1v) is 16.1. The maximum Gasteiger partial charge on any atom is 0.271 e. The molecule has 11 heteroatoms. The summed E-state index contributed by atoms with van der Waals surface area (Å²) in [6.07, 6.45) is 1.51. The van der Waals surface area contributed by atoms with Crippen LogP contribution in [0.5, 0.6) is 11.5 Å². The van der Waals surface area contributed by atoms with Crippen molar-refractivity contribution in [1.29, 1.82) is 0 Å². The molecule has 0 bridgehead atoms. The molecule has 5 aromatic rings. The molecule has 1 heterocycles. The highest BCUT2D eigenvalue weighted by Crippen LogP contribution is 2.36. The number of carbonyl (C=O) groups excluding carboxylic acids is 2. The van der Waals surface area contributed by atoms with Gasteiger partial charge in [0.05, 0.1) is 23.0 Å². The molecule has 0 aliphatic heterocycles. The Kier molecular flexibility index (Phi) is 10.8. The van der Waals surface area contributed by atoms with E-state index in [-0.39, 0.29) is 18.4 Å². The molecule has 0 atom stereocenters. The van der Waals surface area contributed by atoms with Gasteiger partial charge in [-0.15, -0.1) is 11.3 Å². The van der Waals surface area contributed by atoms with Gasteiger partial charge in [-0.25, -0.2) is 10.4 Å². The van der Waals surface area contributed by atoms with Gasteiger partial charge in [-0.1, -0.05) is 48.0 Å². The maximum absolute atomic E-state index is 12.8. The third-order valence-corrected chi connectivity index (χ3v) is 8.03. The minimum Gasteiger partial charge on any atom is -0.490 e. The summed E-state index contributed by atoms with van der Waals surface area (Å²) < 4.78 is 12.2. The van der Waals surface area contributed by atoms with Crippen molar-refractivity contribution in [2.75, 3.05) is 23.8 Å². The number of benzene rings is 4. The van der Waals surface area contributed by atoms with Gasteiger partial charge in [0.25, 0.3) is 11.8 Å². The lowest BCUT2D eigenvalue weighted by Crippen LogP contribution is -2.21. The van der Waals surface area contributed by atoms with Gasteiger partial charge >= 0.3 is 0 Å². The topological polar surface area (TPSA) is 114 Å². The summed E-state index contributed by atoms with van der Waals surface area (Å²) in [5, 5.41) is 13.0. The van der Waals surface area contributed by atoms with Crippen LogP contribution < -0.4 is 25.5 Å². The van der Waals surface area contributed by atoms with Crippen molar-refractivity contribution in [3.05, 3.63) is 117 Å². The standard InChI is InChI=1S/C35H32BrN5O4S/c1-4-44-31-18-24(17-28(36)33(31)45-20-32(42)39-29-15-10-22(2)16-23(29)3)19-37-41-34(43)26-13-11-25(12-14-26)30-21-46-35(40-30)38-27-8-6-5-7-9-27/h5-19,21H,4,20H2,1-3H3,(H,38,40)(H,39,42)(H,41,43)/b37-19+. The van der Waals surface area contributed by atoms with E-state index < -0.39 is 0 Å². The van der Waals surface area contributed by atoms with Crippen LogP contribution in [0.3, 0.4) is 0 Å². The third kappa shape index (κ3) is 8.58. The number of nitrogens with zero attached hydrogens (tertiary/aromatic N) is 2. The Morgan fingerprint density at radius 1 is 0.978 bits per heavy atom. The molecule has 0 spiro atoms. The van der Waals surface area contributed by atoms with Crippen molar-refractivity contribution in [2.24, 2.45) is 5.10 Å². The largest absolute Gasteiger partial charge is 0.490 e. The number of anilines is 3. The van der Waals surface area contributed by atoms with E-state index >= 15 is 0 Å². The Balaban J connectivity index is 1.18. The number of rotatable bonds is 12. The zero-order chi connectivity index (χ0) is 32.5. The first-order chi connectivity index (χ1) is 22.3.